The Hall–Kier alpha value is -3.03. The summed E-state index contributed by atoms with van der Waals surface area (Å²) in [6, 6.07) is 9.01. The zero-order valence-corrected chi connectivity index (χ0v) is 14.8. The van der Waals surface area contributed by atoms with Crippen LogP contribution in [0.2, 0.25) is 0 Å². The fraction of sp³-hybridized carbons (Fsp3) is 0.389. The molecule has 8 nitrogen and oxygen atoms in total. The van der Waals surface area contributed by atoms with Gasteiger partial charge in [0, 0.05) is 20.1 Å². The van der Waals surface area contributed by atoms with Crippen molar-refractivity contribution in [3.63, 3.8) is 0 Å². The number of carbonyl (C=O) groups excluding carboxylic acids is 2. The zero-order valence-electron chi connectivity index (χ0n) is 14.8. The van der Waals surface area contributed by atoms with E-state index in [0.29, 0.717) is 42.4 Å². The van der Waals surface area contributed by atoms with Gasteiger partial charge < -0.3 is 19.7 Å². The molecular formula is C18H22N4O4. The summed E-state index contributed by atoms with van der Waals surface area (Å²) in [4.78, 5) is 25.9. The zero-order chi connectivity index (χ0) is 18.5. The van der Waals surface area contributed by atoms with Gasteiger partial charge in [0.25, 0.3) is 5.91 Å². The summed E-state index contributed by atoms with van der Waals surface area (Å²) in [5, 5.41) is 9.52. The first-order valence-electron chi connectivity index (χ1n) is 8.43. The number of para-hydroxylation sites is 2. The van der Waals surface area contributed by atoms with E-state index in [1.54, 1.807) is 25.1 Å². The van der Waals surface area contributed by atoms with Gasteiger partial charge in [-0.25, -0.2) is 0 Å². The topological polar surface area (TPSA) is 96.5 Å². The number of H-pyrrole nitrogens is 1. The van der Waals surface area contributed by atoms with Gasteiger partial charge in [0.05, 0.1) is 18.7 Å². The molecule has 1 aliphatic rings. The van der Waals surface area contributed by atoms with Crippen molar-refractivity contribution in [3.8, 4) is 11.5 Å². The minimum absolute atomic E-state index is 0.0341. The number of carbonyl (C=O) groups is 2. The molecule has 0 spiro atoms. The van der Waals surface area contributed by atoms with Crippen LogP contribution < -0.4 is 14.8 Å². The molecule has 0 bridgehead atoms. The van der Waals surface area contributed by atoms with Crippen molar-refractivity contribution in [2.24, 2.45) is 5.92 Å². The Morgan fingerprint density at radius 3 is 2.85 bits per heavy atom. The molecule has 2 N–H and O–H groups in total. The lowest BCUT2D eigenvalue weighted by molar-refractivity contribution is -0.124. The van der Waals surface area contributed by atoms with Crippen LogP contribution in [0.5, 0.6) is 11.5 Å². The number of aromatic amines is 1. The molecule has 3 rings (SSSR count). The van der Waals surface area contributed by atoms with Gasteiger partial charge in [-0.2, -0.15) is 5.10 Å². The second-order valence-corrected chi connectivity index (χ2v) is 6.07. The van der Waals surface area contributed by atoms with E-state index in [4.69, 9.17) is 9.47 Å². The molecule has 1 atom stereocenters. The number of aromatic nitrogens is 2. The fourth-order valence-electron chi connectivity index (χ4n) is 2.96. The van der Waals surface area contributed by atoms with Gasteiger partial charge in [0.2, 0.25) is 5.91 Å². The highest BCUT2D eigenvalue weighted by atomic mass is 16.5. The first-order valence-corrected chi connectivity index (χ1v) is 8.43. The van der Waals surface area contributed by atoms with Gasteiger partial charge in [-0.1, -0.05) is 12.1 Å². The van der Waals surface area contributed by atoms with Crippen molar-refractivity contribution in [2.45, 2.75) is 13.0 Å². The number of amides is 2. The number of benzene rings is 1. The third-order valence-electron chi connectivity index (χ3n) is 4.39. The first-order chi connectivity index (χ1) is 12.6. The maximum atomic E-state index is 12.5. The second kappa shape index (κ2) is 7.90. The molecule has 1 saturated heterocycles. The van der Waals surface area contributed by atoms with Gasteiger partial charge >= 0.3 is 0 Å². The van der Waals surface area contributed by atoms with Crippen molar-refractivity contribution in [3.05, 3.63) is 41.7 Å². The van der Waals surface area contributed by atoms with E-state index in [1.165, 1.54) is 0 Å². The van der Waals surface area contributed by atoms with Gasteiger partial charge in [-0.15, -0.1) is 0 Å². The van der Waals surface area contributed by atoms with Crippen LogP contribution in [0.4, 0.5) is 0 Å². The molecule has 0 aliphatic carbocycles. The number of hydrogen-bond donors (Lipinski definition) is 2. The molecule has 8 heteroatoms. The van der Waals surface area contributed by atoms with Gasteiger partial charge in [0.1, 0.15) is 6.61 Å². The third-order valence-corrected chi connectivity index (χ3v) is 4.39. The van der Waals surface area contributed by atoms with Crippen molar-refractivity contribution in [2.75, 3.05) is 27.2 Å². The Labute approximate surface area is 151 Å². The van der Waals surface area contributed by atoms with Crippen molar-refractivity contribution >= 4 is 11.8 Å². The maximum Gasteiger partial charge on any atom is 0.274 e. The van der Waals surface area contributed by atoms with Crippen LogP contribution in [-0.4, -0.2) is 54.2 Å². The number of likely N-dealkylation sites (tertiary alicyclic amines) is 1. The smallest absolute Gasteiger partial charge is 0.274 e. The average Bonchev–Trinajstić information content (AvgIpc) is 3.35. The third kappa shape index (κ3) is 3.79. The molecule has 0 unspecified atom stereocenters. The van der Waals surface area contributed by atoms with E-state index in [9.17, 15) is 9.59 Å². The number of rotatable bonds is 6. The van der Waals surface area contributed by atoms with E-state index >= 15 is 0 Å². The standard InChI is InChI=1S/C18H22N4O4/c1-19-17(23)12-7-8-22(10-12)18(24)14-9-13(20-21-14)11-26-16-6-4-3-5-15(16)25-2/h3-6,9,12H,7-8,10-11H2,1-2H3,(H,19,23)(H,20,21)/t12-/m0/s1. The molecule has 2 aromatic rings. The molecule has 0 radical (unpaired) electrons. The molecular weight excluding hydrogens is 336 g/mol. The van der Waals surface area contributed by atoms with Crippen molar-refractivity contribution < 1.29 is 19.1 Å². The van der Waals surface area contributed by atoms with Gasteiger partial charge in [-0.05, 0) is 24.6 Å². The second-order valence-electron chi connectivity index (χ2n) is 6.07. The SMILES string of the molecule is CNC(=O)[C@H]1CCN(C(=O)c2cc(COc3ccccc3OC)[nH]n2)C1. The lowest BCUT2D eigenvalue weighted by atomic mass is 10.1. The summed E-state index contributed by atoms with van der Waals surface area (Å²) >= 11 is 0. The Bertz CT molecular complexity index is 789. The van der Waals surface area contributed by atoms with E-state index in [2.05, 4.69) is 15.5 Å². The van der Waals surface area contributed by atoms with Crippen LogP contribution in [0.1, 0.15) is 22.6 Å². The monoisotopic (exact) mass is 358 g/mol. The van der Waals surface area contributed by atoms with E-state index in [-0.39, 0.29) is 24.3 Å². The van der Waals surface area contributed by atoms with Crippen LogP contribution in [0, 0.1) is 5.92 Å². The van der Waals surface area contributed by atoms with Crippen LogP contribution in [0.3, 0.4) is 0 Å². The predicted octanol–water partition coefficient (Wildman–Crippen LogP) is 1.21. The summed E-state index contributed by atoms with van der Waals surface area (Å²) in [7, 11) is 3.19. The summed E-state index contributed by atoms with van der Waals surface area (Å²) in [6.07, 6.45) is 0.666. The van der Waals surface area contributed by atoms with Gasteiger partial charge in [0.15, 0.2) is 17.2 Å². The normalized spacial score (nSPS) is 16.4. The number of nitrogens with zero attached hydrogens (tertiary/aromatic N) is 2. The molecule has 26 heavy (non-hydrogen) atoms. The Morgan fingerprint density at radius 2 is 2.12 bits per heavy atom. The highest BCUT2D eigenvalue weighted by Crippen LogP contribution is 2.26. The Morgan fingerprint density at radius 1 is 1.35 bits per heavy atom. The number of nitrogens with one attached hydrogen (secondary N) is 2. The Balaban J connectivity index is 1.59. The Kier molecular flexibility index (Phi) is 5.40. The van der Waals surface area contributed by atoms with E-state index in [1.807, 2.05) is 24.3 Å². The molecule has 1 aromatic carbocycles. The highest BCUT2D eigenvalue weighted by Gasteiger charge is 2.31. The van der Waals surface area contributed by atoms with Crippen LogP contribution in [-0.2, 0) is 11.4 Å². The molecule has 2 amide bonds. The van der Waals surface area contributed by atoms with Crippen molar-refractivity contribution in [1.82, 2.24) is 20.4 Å². The minimum Gasteiger partial charge on any atom is -0.493 e. The maximum absolute atomic E-state index is 12.5. The van der Waals surface area contributed by atoms with E-state index in [0.717, 1.165) is 0 Å². The quantitative estimate of drug-likeness (QED) is 0.809. The molecule has 138 valence electrons. The largest absolute Gasteiger partial charge is 0.493 e. The summed E-state index contributed by atoms with van der Waals surface area (Å²) in [5.74, 6) is 0.881. The fourth-order valence-corrected chi connectivity index (χ4v) is 2.96. The summed E-state index contributed by atoms with van der Waals surface area (Å²) < 4.78 is 11.0. The van der Waals surface area contributed by atoms with Crippen molar-refractivity contribution in [1.29, 1.82) is 0 Å². The van der Waals surface area contributed by atoms with E-state index < -0.39 is 0 Å². The molecule has 1 aliphatic heterocycles. The lowest BCUT2D eigenvalue weighted by Crippen LogP contribution is -2.33. The predicted molar refractivity (Wildman–Crippen MR) is 94.0 cm³/mol. The van der Waals surface area contributed by atoms with Crippen LogP contribution >= 0.6 is 0 Å². The number of ether oxygens (including phenoxy) is 2. The highest BCUT2D eigenvalue weighted by molar-refractivity contribution is 5.93. The summed E-state index contributed by atoms with van der Waals surface area (Å²) in [5.41, 5.74) is 1.00. The summed E-state index contributed by atoms with van der Waals surface area (Å²) in [6.45, 7) is 1.21. The van der Waals surface area contributed by atoms with Gasteiger partial charge in [-0.3, -0.25) is 14.7 Å². The number of methoxy groups -OCH3 is 1. The van der Waals surface area contributed by atoms with Crippen LogP contribution in [0.15, 0.2) is 30.3 Å². The molecule has 0 saturated carbocycles. The molecule has 1 fully saturated rings. The molecule has 2 heterocycles. The first kappa shape index (κ1) is 17.8. The number of hydrogen-bond acceptors (Lipinski definition) is 5. The lowest BCUT2D eigenvalue weighted by Gasteiger charge is -2.14. The van der Waals surface area contributed by atoms with Crippen LogP contribution in [0.25, 0.3) is 0 Å². The average molecular weight is 358 g/mol. The molecule has 1 aromatic heterocycles. The minimum atomic E-state index is -0.184.